The Morgan fingerprint density at radius 1 is 1.41 bits per heavy atom. The molecule has 1 fully saturated rings. The van der Waals surface area contributed by atoms with Gasteiger partial charge in [0, 0.05) is 18.4 Å². The van der Waals surface area contributed by atoms with Crippen molar-refractivity contribution in [2.75, 3.05) is 18.5 Å². The topological polar surface area (TPSA) is 58.1 Å². The Morgan fingerprint density at radius 3 is 2.86 bits per heavy atom. The van der Waals surface area contributed by atoms with Crippen LogP contribution in [0.15, 0.2) is 10.5 Å². The van der Waals surface area contributed by atoms with Gasteiger partial charge in [0.1, 0.15) is 11.3 Å². The van der Waals surface area contributed by atoms with Crippen LogP contribution in [0.3, 0.4) is 0 Å². The van der Waals surface area contributed by atoms with Crippen molar-refractivity contribution in [2.45, 2.75) is 12.8 Å². The predicted molar refractivity (Wildman–Crippen MR) is 86.7 cm³/mol. The number of carbonyl (C=O) groups is 1. The highest BCUT2D eigenvalue weighted by Gasteiger charge is 2.21. The molecule has 2 aromatic rings. The minimum atomic E-state index is -0.605. The number of carbonyl (C=O) groups excluding carboxylic acids is 1. The van der Waals surface area contributed by atoms with E-state index < -0.39 is 5.82 Å². The summed E-state index contributed by atoms with van der Waals surface area (Å²) >= 11 is 14.9. The van der Waals surface area contributed by atoms with Crippen molar-refractivity contribution in [1.82, 2.24) is 14.9 Å². The third-order valence-corrected chi connectivity index (χ3v) is 4.88. The predicted octanol–water partition coefficient (Wildman–Crippen LogP) is 3.83. The Morgan fingerprint density at radius 2 is 2.18 bits per heavy atom. The largest absolute Gasteiger partial charge is 0.352 e. The maximum Gasteiger partial charge on any atom is 0.225 e. The molecule has 1 N–H and O–H groups in total. The molecule has 0 bridgehead atoms. The van der Waals surface area contributed by atoms with E-state index in [4.69, 9.17) is 23.2 Å². The second-order valence-corrected chi connectivity index (χ2v) is 6.36. The van der Waals surface area contributed by atoms with Crippen LogP contribution in [0.4, 0.5) is 10.2 Å². The fourth-order valence-corrected chi connectivity index (χ4v) is 2.98. The van der Waals surface area contributed by atoms with Crippen LogP contribution in [0.1, 0.15) is 12.8 Å². The summed E-state index contributed by atoms with van der Waals surface area (Å²) in [4.78, 5) is 21.3. The van der Waals surface area contributed by atoms with E-state index >= 15 is 0 Å². The van der Waals surface area contributed by atoms with Gasteiger partial charge in [0.15, 0.2) is 5.82 Å². The Balaban J connectivity index is 1.99. The molecule has 116 valence electrons. The van der Waals surface area contributed by atoms with Crippen LogP contribution in [0.2, 0.25) is 10.3 Å². The van der Waals surface area contributed by atoms with Gasteiger partial charge in [-0.25, -0.2) is 14.4 Å². The van der Waals surface area contributed by atoms with Crippen molar-refractivity contribution in [2.24, 2.45) is 0 Å². The third-order valence-electron chi connectivity index (χ3n) is 3.41. The molecule has 1 aliphatic heterocycles. The van der Waals surface area contributed by atoms with Crippen LogP contribution < -0.4 is 5.32 Å². The van der Waals surface area contributed by atoms with E-state index in [2.05, 4.69) is 31.2 Å². The molecule has 0 saturated carbocycles. The van der Waals surface area contributed by atoms with Crippen LogP contribution in [0, 0.1) is 5.82 Å². The molecule has 22 heavy (non-hydrogen) atoms. The minimum Gasteiger partial charge on any atom is -0.352 e. The Kier molecular flexibility index (Phi) is 4.38. The number of likely N-dealkylation sites (tertiary alicyclic amines) is 1. The first kappa shape index (κ1) is 15.7. The zero-order chi connectivity index (χ0) is 15.9. The van der Waals surface area contributed by atoms with E-state index in [1.165, 1.54) is 0 Å². The number of hydrogen-bond acceptors (Lipinski definition) is 4. The van der Waals surface area contributed by atoms with Gasteiger partial charge in [-0.2, -0.15) is 0 Å². The van der Waals surface area contributed by atoms with Gasteiger partial charge in [0.2, 0.25) is 11.2 Å². The molecule has 0 radical (unpaired) electrons. The maximum atomic E-state index is 14.2. The Bertz CT molecular complexity index is 774. The summed E-state index contributed by atoms with van der Waals surface area (Å²) in [6, 6.07) is 1.55. The fraction of sp³-hybridized carbons (Fsp3) is 0.308. The number of fused-ring (bicyclic) bond motifs is 1. The molecule has 0 atom stereocenters. The molecule has 1 aromatic carbocycles. The average molecular weight is 408 g/mol. The SMILES string of the molecule is O=C1CCCN1CNc1nc(Cl)nc2c(F)c(Br)c(Cl)cc12. The lowest BCUT2D eigenvalue weighted by molar-refractivity contribution is -0.127. The first-order valence-corrected chi connectivity index (χ1v) is 8.04. The normalized spacial score (nSPS) is 14.9. The smallest absolute Gasteiger partial charge is 0.225 e. The van der Waals surface area contributed by atoms with Gasteiger partial charge in [-0.3, -0.25) is 4.79 Å². The highest BCUT2D eigenvalue weighted by molar-refractivity contribution is 9.10. The zero-order valence-corrected chi connectivity index (χ0v) is 14.3. The summed E-state index contributed by atoms with van der Waals surface area (Å²) < 4.78 is 14.4. The second kappa shape index (κ2) is 6.14. The van der Waals surface area contributed by atoms with Crippen LogP contribution in [-0.4, -0.2) is 34.0 Å². The lowest BCUT2D eigenvalue weighted by atomic mass is 10.2. The van der Waals surface area contributed by atoms with E-state index in [9.17, 15) is 9.18 Å². The zero-order valence-electron chi connectivity index (χ0n) is 11.2. The number of rotatable bonds is 3. The summed E-state index contributed by atoms with van der Waals surface area (Å²) in [7, 11) is 0. The number of nitrogens with one attached hydrogen (secondary N) is 1. The lowest BCUT2D eigenvalue weighted by Gasteiger charge is -2.17. The summed E-state index contributed by atoms with van der Waals surface area (Å²) in [5.74, 6) is -0.195. The van der Waals surface area contributed by atoms with Crippen LogP contribution in [0.25, 0.3) is 10.9 Å². The third kappa shape index (κ3) is 2.85. The number of nitrogens with zero attached hydrogens (tertiary/aromatic N) is 3. The monoisotopic (exact) mass is 406 g/mol. The summed E-state index contributed by atoms with van der Waals surface area (Å²) in [6.07, 6.45) is 1.37. The minimum absolute atomic E-state index is 0.0616. The highest BCUT2D eigenvalue weighted by atomic mass is 79.9. The van der Waals surface area contributed by atoms with Crippen LogP contribution in [-0.2, 0) is 4.79 Å². The molecular formula is C13H10BrCl2FN4O. The van der Waals surface area contributed by atoms with Gasteiger partial charge in [0.05, 0.1) is 16.2 Å². The standard InChI is InChI=1S/C13H10BrCl2FN4O/c14-9-7(15)4-6-11(10(9)17)19-13(16)20-12(6)18-5-21-3-1-2-8(21)22/h4H,1-3,5H2,(H,18,19,20). The van der Waals surface area contributed by atoms with E-state index in [0.29, 0.717) is 24.2 Å². The van der Waals surface area contributed by atoms with E-state index in [-0.39, 0.29) is 32.9 Å². The van der Waals surface area contributed by atoms with Gasteiger partial charge >= 0.3 is 0 Å². The molecular weight excluding hydrogens is 398 g/mol. The molecule has 1 aromatic heterocycles. The number of aromatic nitrogens is 2. The van der Waals surface area contributed by atoms with Crippen molar-refractivity contribution >= 4 is 61.8 Å². The molecule has 3 rings (SSSR count). The van der Waals surface area contributed by atoms with Crippen molar-refractivity contribution in [3.8, 4) is 0 Å². The Hall–Kier alpha value is -1.18. The van der Waals surface area contributed by atoms with Crippen molar-refractivity contribution < 1.29 is 9.18 Å². The summed E-state index contributed by atoms with van der Waals surface area (Å²) in [5.41, 5.74) is 0.0616. The lowest BCUT2D eigenvalue weighted by Crippen LogP contribution is -2.30. The van der Waals surface area contributed by atoms with Gasteiger partial charge in [-0.1, -0.05) is 11.6 Å². The van der Waals surface area contributed by atoms with Crippen molar-refractivity contribution in [3.63, 3.8) is 0 Å². The van der Waals surface area contributed by atoms with Crippen molar-refractivity contribution in [3.05, 3.63) is 26.7 Å². The second-order valence-electron chi connectivity index (χ2n) is 4.82. The highest BCUT2D eigenvalue weighted by Crippen LogP contribution is 2.34. The van der Waals surface area contributed by atoms with Crippen LogP contribution in [0.5, 0.6) is 0 Å². The van der Waals surface area contributed by atoms with Gasteiger partial charge in [0.25, 0.3) is 0 Å². The molecule has 0 spiro atoms. The van der Waals surface area contributed by atoms with Gasteiger partial charge in [-0.05, 0) is 40.0 Å². The maximum absolute atomic E-state index is 14.2. The van der Waals surface area contributed by atoms with E-state index in [0.717, 1.165) is 6.42 Å². The first-order chi connectivity index (χ1) is 10.5. The molecule has 1 aliphatic rings. The quantitative estimate of drug-likeness (QED) is 0.620. The summed E-state index contributed by atoms with van der Waals surface area (Å²) in [5, 5.41) is 3.53. The molecule has 2 heterocycles. The number of hydrogen-bond donors (Lipinski definition) is 1. The summed E-state index contributed by atoms with van der Waals surface area (Å²) in [6.45, 7) is 0.958. The van der Waals surface area contributed by atoms with E-state index in [1.54, 1.807) is 11.0 Å². The molecule has 1 saturated heterocycles. The number of halogens is 4. The Labute approximate surface area is 143 Å². The van der Waals surface area contributed by atoms with Gasteiger partial charge < -0.3 is 10.2 Å². The number of amides is 1. The average Bonchev–Trinajstić information content (AvgIpc) is 2.89. The van der Waals surface area contributed by atoms with Crippen LogP contribution >= 0.6 is 39.1 Å². The number of benzene rings is 1. The fourth-order valence-electron chi connectivity index (χ4n) is 2.32. The van der Waals surface area contributed by atoms with Crippen molar-refractivity contribution in [1.29, 1.82) is 0 Å². The molecule has 1 amide bonds. The first-order valence-electron chi connectivity index (χ1n) is 6.49. The van der Waals surface area contributed by atoms with E-state index in [1.807, 2.05) is 0 Å². The molecule has 5 nitrogen and oxygen atoms in total. The molecule has 0 unspecified atom stereocenters. The number of anilines is 1. The van der Waals surface area contributed by atoms with Gasteiger partial charge in [-0.15, -0.1) is 0 Å². The molecule has 9 heteroatoms. The molecule has 0 aliphatic carbocycles.